The van der Waals surface area contributed by atoms with Gasteiger partial charge in [0.15, 0.2) is 0 Å². The number of rotatable bonds is 8. The van der Waals surface area contributed by atoms with Crippen molar-refractivity contribution in [3.05, 3.63) is 86.6 Å². The fourth-order valence-electron chi connectivity index (χ4n) is 2.54. The predicted octanol–water partition coefficient (Wildman–Crippen LogP) is 2.15. The average molecular weight is 367 g/mol. The number of aromatic amines is 1. The maximum absolute atomic E-state index is 12.0. The molecule has 3 rings (SSSR count). The lowest BCUT2D eigenvalue weighted by Crippen LogP contribution is -2.33. The Kier molecular flexibility index (Phi) is 6.04. The fourth-order valence-corrected chi connectivity index (χ4v) is 2.54. The van der Waals surface area contributed by atoms with Gasteiger partial charge in [-0.1, -0.05) is 42.5 Å². The second-order valence-electron chi connectivity index (χ2n) is 5.89. The molecule has 0 fully saturated rings. The second kappa shape index (κ2) is 8.84. The molecule has 0 bridgehead atoms. The highest BCUT2D eigenvalue weighted by Gasteiger charge is 2.08. The van der Waals surface area contributed by atoms with Crippen molar-refractivity contribution in [2.45, 2.75) is 26.5 Å². The molecular formula is C20H21N3O4. The molecule has 7 heteroatoms. The number of aryl methyl sites for hydroxylation is 2. The van der Waals surface area contributed by atoms with Gasteiger partial charge in [0.2, 0.25) is 0 Å². The highest BCUT2D eigenvalue weighted by molar-refractivity contribution is 5.27. The van der Waals surface area contributed by atoms with Gasteiger partial charge in [-0.25, -0.2) is 9.48 Å². The van der Waals surface area contributed by atoms with Crippen molar-refractivity contribution in [3.63, 3.8) is 0 Å². The molecule has 7 nitrogen and oxygen atoms in total. The van der Waals surface area contributed by atoms with Gasteiger partial charge < -0.3 is 9.47 Å². The number of hydrogen-bond acceptors (Lipinski definition) is 5. The Morgan fingerprint density at radius 3 is 2.41 bits per heavy atom. The molecular weight excluding hydrogens is 346 g/mol. The number of ether oxygens (including phenoxy) is 2. The molecule has 0 aliphatic heterocycles. The van der Waals surface area contributed by atoms with Gasteiger partial charge in [-0.15, -0.1) is 5.10 Å². The van der Waals surface area contributed by atoms with Crippen molar-refractivity contribution in [2.75, 3.05) is 6.61 Å². The zero-order chi connectivity index (χ0) is 19.1. The summed E-state index contributed by atoms with van der Waals surface area (Å²) < 4.78 is 12.1. The van der Waals surface area contributed by atoms with Crippen molar-refractivity contribution >= 4 is 0 Å². The number of benzene rings is 2. The molecule has 0 spiro atoms. The van der Waals surface area contributed by atoms with Crippen molar-refractivity contribution in [1.29, 1.82) is 0 Å². The summed E-state index contributed by atoms with van der Waals surface area (Å²) >= 11 is 0. The maximum Gasteiger partial charge on any atom is 0.344 e. The Bertz CT molecular complexity index is 979. The van der Waals surface area contributed by atoms with Gasteiger partial charge in [0.25, 0.3) is 5.88 Å². The van der Waals surface area contributed by atoms with Crippen LogP contribution in [-0.4, -0.2) is 21.4 Å². The highest BCUT2D eigenvalue weighted by atomic mass is 16.5. The molecule has 0 aliphatic carbocycles. The third-order valence-corrected chi connectivity index (χ3v) is 3.93. The smallest absolute Gasteiger partial charge is 0.344 e. The first-order valence-corrected chi connectivity index (χ1v) is 8.75. The number of H-pyrrole nitrogens is 1. The minimum absolute atomic E-state index is 0.120. The van der Waals surface area contributed by atoms with Gasteiger partial charge in [-0.05, 0) is 36.6 Å². The predicted molar refractivity (Wildman–Crippen MR) is 101 cm³/mol. The van der Waals surface area contributed by atoms with E-state index >= 15 is 0 Å². The van der Waals surface area contributed by atoms with Crippen LogP contribution >= 0.6 is 0 Å². The maximum atomic E-state index is 12.0. The van der Waals surface area contributed by atoms with Crippen LogP contribution in [0.25, 0.3) is 0 Å². The molecule has 0 atom stereocenters. The van der Waals surface area contributed by atoms with Crippen LogP contribution in [0.15, 0.2) is 64.2 Å². The van der Waals surface area contributed by atoms with Crippen LogP contribution in [0.3, 0.4) is 0 Å². The van der Waals surface area contributed by atoms with E-state index in [1.807, 2.05) is 61.5 Å². The van der Waals surface area contributed by atoms with Crippen LogP contribution in [0.4, 0.5) is 0 Å². The molecule has 140 valence electrons. The Hall–Kier alpha value is -3.35. The Morgan fingerprint density at radius 2 is 1.70 bits per heavy atom. The summed E-state index contributed by atoms with van der Waals surface area (Å²) in [4.78, 5) is 26.2. The molecule has 0 aliphatic rings. The van der Waals surface area contributed by atoms with Crippen molar-refractivity contribution in [3.8, 4) is 11.6 Å². The third kappa shape index (κ3) is 5.07. The van der Waals surface area contributed by atoms with E-state index < -0.39 is 11.2 Å². The average Bonchev–Trinajstić information content (AvgIpc) is 2.69. The number of nitrogens with one attached hydrogen (secondary N) is 1. The highest BCUT2D eigenvalue weighted by Crippen LogP contribution is 2.12. The Morgan fingerprint density at radius 1 is 0.963 bits per heavy atom. The number of aromatic nitrogens is 3. The third-order valence-electron chi connectivity index (χ3n) is 3.93. The molecule has 2 aromatic carbocycles. The molecule has 0 radical (unpaired) electrons. The van der Waals surface area contributed by atoms with E-state index in [0.29, 0.717) is 19.6 Å². The van der Waals surface area contributed by atoms with Crippen molar-refractivity contribution in [1.82, 2.24) is 14.8 Å². The monoisotopic (exact) mass is 367 g/mol. The first-order valence-electron chi connectivity index (χ1n) is 8.75. The van der Waals surface area contributed by atoms with Crippen LogP contribution in [0.2, 0.25) is 0 Å². The van der Waals surface area contributed by atoms with E-state index in [-0.39, 0.29) is 12.5 Å². The molecule has 1 heterocycles. The van der Waals surface area contributed by atoms with E-state index in [0.717, 1.165) is 16.9 Å². The van der Waals surface area contributed by atoms with Gasteiger partial charge in [0.1, 0.15) is 12.4 Å². The molecule has 0 amide bonds. The molecule has 27 heavy (non-hydrogen) atoms. The zero-order valence-corrected chi connectivity index (χ0v) is 15.1. The van der Waals surface area contributed by atoms with Gasteiger partial charge in [-0.2, -0.15) is 0 Å². The van der Waals surface area contributed by atoms with Crippen molar-refractivity contribution < 1.29 is 9.47 Å². The molecule has 1 N–H and O–H groups in total. The number of nitrogens with zero attached hydrogens (tertiary/aromatic N) is 2. The van der Waals surface area contributed by atoms with Crippen LogP contribution in [0, 0.1) is 0 Å². The SMILES string of the molecule is CCOc1ccc(CCn2nc(OCc3ccccc3)c(=O)[nH]c2=O)cc1. The summed E-state index contributed by atoms with van der Waals surface area (Å²) in [5, 5.41) is 4.06. The normalized spacial score (nSPS) is 10.6. The largest absolute Gasteiger partial charge is 0.494 e. The van der Waals surface area contributed by atoms with Gasteiger partial charge >= 0.3 is 11.2 Å². The number of hydrogen-bond donors (Lipinski definition) is 1. The minimum atomic E-state index is -0.631. The second-order valence-corrected chi connectivity index (χ2v) is 5.89. The summed E-state index contributed by atoms with van der Waals surface area (Å²) in [5.41, 5.74) is 0.752. The molecule has 3 aromatic rings. The summed E-state index contributed by atoms with van der Waals surface area (Å²) in [6.07, 6.45) is 0.587. The molecule has 0 saturated carbocycles. The van der Waals surface area contributed by atoms with E-state index in [4.69, 9.17) is 9.47 Å². The molecule has 1 aromatic heterocycles. The lowest BCUT2D eigenvalue weighted by Gasteiger charge is -2.08. The molecule has 0 unspecified atom stereocenters. The fraction of sp³-hybridized carbons (Fsp3) is 0.250. The van der Waals surface area contributed by atoms with Crippen LogP contribution < -0.4 is 20.7 Å². The minimum Gasteiger partial charge on any atom is -0.494 e. The summed E-state index contributed by atoms with van der Waals surface area (Å²) in [6.45, 7) is 3.07. The van der Waals surface area contributed by atoms with Crippen molar-refractivity contribution in [2.24, 2.45) is 0 Å². The Balaban J connectivity index is 1.68. The first-order chi connectivity index (χ1) is 13.2. The van der Waals surface area contributed by atoms with Crippen LogP contribution in [0.5, 0.6) is 11.6 Å². The van der Waals surface area contributed by atoms with E-state index in [2.05, 4.69) is 10.1 Å². The standard InChI is InChI=1S/C20H21N3O4/c1-2-26-17-10-8-15(9-11-17)12-13-23-20(25)21-18(24)19(22-23)27-14-16-6-4-3-5-7-16/h3-11H,2,12-14H2,1H3,(H,21,24,25). The summed E-state index contributed by atoms with van der Waals surface area (Å²) in [6, 6.07) is 17.1. The van der Waals surface area contributed by atoms with Gasteiger partial charge in [0.05, 0.1) is 13.2 Å². The van der Waals surface area contributed by atoms with Gasteiger partial charge in [0, 0.05) is 0 Å². The van der Waals surface area contributed by atoms with E-state index in [9.17, 15) is 9.59 Å². The zero-order valence-electron chi connectivity index (χ0n) is 15.1. The van der Waals surface area contributed by atoms with Crippen LogP contribution in [0.1, 0.15) is 18.1 Å². The quantitative estimate of drug-likeness (QED) is 0.659. The van der Waals surface area contributed by atoms with E-state index in [1.165, 1.54) is 4.68 Å². The summed E-state index contributed by atoms with van der Waals surface area (Å²) in [7, 11) is 0. The first kappa shape index (κ1) is 18.4. The van der Waals surface area contributed by atoms with Gasteiger partial charge in [-0.3, -0.25) is 9.78 Å². The lowest BCUT2D eigenvalue weighted by molar-refractivity contribution is 0.275. The Labute approximate surface area is 156 Å². The molecule has 0 saturated heterocycles. The van der Waals surface area contributed by atoms with E-state index in [1.54, 1.807) is 0 Å². The summed E-state index contributed by atoms with van der Waals surface area (Å²) in [5.74, 6) is 0.683. The lowest BCUT2D eigenvalue weighted by atomic mass is 10.1. The topological polar surface area (TPSA) is 86.2 Å². The van der Waals surface area contributed by atoms with Crippen LogP contribution in [-0.2, 0) is 19.6 Å².